The number of benzene rings is 1. The number of aromatic nitrogens is 2. The van der Waals surface area contributed by atoms with Gasteiger partial charge in [0, 0.05) is 0 Å². The Kier molecular flexibility index (Phi) is 5.18. The Balaban J connectivity index is 2.16. The van der Waals surface area contributed by atoms with E-state index in [1.54, 1.807) is 46.9 Å². The number of para-hydroxylation sites is 2. The minimum atomic E-state index is -0.360. The number of nitrogens with one attached hydrogen (secondary N) is 1. The molecule has 2 aromatic rings. The molecule has 0 spiro atoms. The molecule has 1 aromatic carbocycles. The number of ether oxygens (including phenoxy) is 1. The number of methoxy groups -OCH3 is 1. The minimum absolute atomic E-state index is 0.127. The maximum atomic E-state index is 12.0. The zero-order valence-corrected chi connectivity index (χ0v) is 13.9. The van der Waals surface area contributed by atoms with Crippen molar-refractivity contribution in [2.75, 3.05) is 12.4 Å². The van der Waals surface area contributed by atoms with Gasteiger partial charge in [0.2, 0.25) is 5.91 Å². The molecular weight excluding hydrogens is 409 g/mol. The van der Waals surface area contributed by atoms with E-state index >= 15 is 0 Å². The fourth-order valence-electron chi connectivity index (χ4n) is 1.65. The Morgan fingerprint density at radius 3 is 2.90 bits per heavy atom. The van der Waals surface area contributed by atoms with E-state index in [1.807, 2.05) is 0 Å². The number of amides is 1. The number of anilines is 1. The molecule has 0 radical (unpaired) electrons. The van der Waals surface area contributed by atoms with Crippen LogP contribution in [0.25, 0.3) is 0 Å². The predicted molar refractivity (Wildman–Crippen MR) is 87.8 cm³/mol. The van der Waals surface area contributed by atoms with Crippen LogP contribution in [-0.4, -0.2) is 22.6 Å². The van der Waals surface area contributed by atoms with Crippen LogP contribution in [0.5, 0.6) is 5.75 Å². The Hall–Kier alpha value is -1.61. The predicted octanol–water partition coefficient (Wildman–Crippen LogP) is 2.15. The van der Waals surface area contributed by atoms with E-state index < -0.39 is 0 Å². The third-order valence-corrected chi connectivity index (χ3v) is 4.21. The van der Waals surface area contributed by atoms with Gasteiger partial charge in [-0.1, -0.05) is 23.7 Å². The number of carbonyl (C=O) groups excluding carboxylic acids is 1. The zero-order chi connectivity index (χ0) is 15.4. The monoisotopic (exact) mass is 419 g/mol. The van der Waals surface area contributed by atoms with Crippen molar-refractivity contribution in [2.24, 2.45) is 0 Å². The molecule has 21 heavy (non-hydrogen) atoms. The molecule has 0 aliphatic rings. The molecule has 0 unspecified atom stereocenters. The molecule has 0 bridgehead atoms. The topological polar surface area (TPSA) is 73.2 Å². The second-order valence-electron chi connectivity index (χ2n) is 4.03. The number of hydrogen-bond acceptors (Lipinski definition) is 4. The number of nitrogens with zero attached hydrogens (tertiary/aromatic N) is 2. The third kappa shape index (κ3) is 3.73. The first-order chi connectivity index (χ1) is 10.0. The molecule has 1 aromatic heterocycles. The number of rotatable bonds is 4. The van der Waals surface area contributed by atoms with Crippen LogP contribution in [0.4, 0.5) is 5.69 Å². The average Bonchev–Trinajstić information content (AvgIpc) is 2.48. The van der Waals surface area contributed by atoms with Crippen LogP contribution in [-0.2, 0) is 11.3 Å². The molecule has 0 saturated heterocycles. The van der Waals surface area contributed by atoms with Gasteiger partial charge < -0.3 is 10.1 Å². The van der Waals surface area contributed by atoms with Gasteiger partial charge in [-0.25, -0.2) is 4.98 Å². The summed E-state index contributed by atoms with van der Waals surface area (Å²) >= 11 is 7.54. The lowest BCUT2D eigenvalue weighted by atomic mass is 10.3. The van der Waals surface area contributed by atoms with Crippen molar-refractivity contribution >= 4 is 45.8 Å². The van der Waals surface area contributed by atoms with Gasteiger partial charge in [-0.3, -0.25) is 14.2 Å². The molecule has 1 heterocycles. The summed E-state index contributed by atoms with van der Waals surface area (Å²) in [5.74, 6) is 0.184. The largest absolute Gasteiger partial charge is 0.495 e. The second-order valence-corrected chi connectivity index (χ2v) is 5.47. The highest BCUT2D eigenvalue weighted by Crippen LogP contribution is 2.22. The molecular formula is C13H11ClIN3O3. The molecule has 0 fully saturated rings. The van der Waals surface area contributed by atoms with Crippen molar-refractivity contribution in [3.8, 4) is 5.75 Å². The van der Waals surface area contributed by atoms with E-state index in [9.17, 15) is 9.59 Å². The summed E-state index contributed by atoms with van der Waals surface area (Å²) in [4.78, 5) is 27.8. The lowest BCUT2D eigenvalue weighted by molar-refractivity contribution is -0.116. The molecule has 0 aliphatic carbocycles. The Labute approximate surface area is 139 Å². The van der Waals surface area contributed by atoms with E-state index in [0.29, 0.717) is 11.4 Å². The van der Waals surface area contributed by atoms with Crippen molar-refractivity contribution in [1.29, 1.82) is 0 Å². The quantitative estimate of drug-likeness (QED) is 0.609. The van der Waals surface area contributed by atoms with Crippen LogP contribution >= 0.6 is 34.2 Å². The van der Waals surface area contributed by atoms with Crippen LogP contribution < -0.4 is 15.6 Å². The molecule has 8 heteroatoms. The average molecular weight is 420 g/mol. The van der Waals surface area contributed by atoms with Gasteiger partial charge in [0.05, 0.1) is 19.1 Å². The van der Waals surface area contributed by atoms with Gasteiger partial charge >= 0.3 is 0 Å². The molecule has 6 nitrogen and oxygen atoms in total. The summed E-state index contributed by atoms with van der Waals surface area (Å²) in [6.45, 7) is -0.156. The van der Waals surface area contributed by atoms with Crippen LogP contribution in [0.1, 0.15) is 0 Å². The Morgan fingerprint density at radius 2 is 2.19 bits per heavy atom. The van der Waals surface area contributed by atoms with Crippen LogP contribution in [0.15, 0.2) is 35.4 Å². The minimum Gasteiger partial charge on any atom is -0.495 e. The van der Waals surface area contributed by atoms with Gasteiger partial charge in [0.1, 0.15) is 21.0 Å². The molecule has 0 saturated carbocycles. The first kappa shape index (κ1) is 15.8. The number of carbonyl (C=O) groups is 1. The number of hydrogen-bond donors (Lipinski definition) is 1. The van der Waals surface area contributed by atoms with Crippen LogP contribution in [0.2, 0.25) is 5.15 Å². The molecule has 110 valence electrons. The summed E-state index contributed by atoms with van der Waals surface area (Å²) in [5, 5.41) is 2.81. The maximum Gasteiger partial charge on any atom is 0.268 e. The van der Waals surface area contributed by atoms with E-state index in [1.165, 1.54) is 18.0 Å². The zero-order valence-electron chi connectivity index (χ0n) is 11.0. The SMILES string of the molecule is COc1ccccc1NC(=O)Cn1cnc(Cl)c(I)c1=O. The fourth-order valence-corrected chi connectivity index (χ4v) is 2.22. The molecule has 2 rings (SSSR count). The summed E-state index contributed by atoms with van der Waals surface area (Å²) in [6, 6.07) is 7.01. The highest BCUT2D eigenvalue weighted by atomic mass is 127. The van der Waals surface area contributed by atoms with Crippen LogP contribution in [0.3, 0.4) is 0 Å². The maximum absolute atomic E-state index is 12.0. The first-order valence-electron chi connectivity index (χ1n) is 5.86. The summed E-state index contributed by atoms with van der Waals surface area (Å²) in [7, 11) is 1.51. The van der Waals surface area contributed by atoms with Crippen molar-refractivity contribution in [3.05, 3.63) is 49.7 Å². The van der Waals surface area contributed by atoms with Gasteiger partial charge in [0.15, 0.2) is 0 Å². The van der Waals surface area contributed by atoms with Gasteiger partial charge in [-0.15, -0.1) is 0 Å². The van der Waals surface area contributed by atoms with Crippen molar-refractivity contribution in [1.82, 2.24) is 9.55 Å². The normalized spacial score (nSPS) is 10.2. The van der Waals surface area contributed by atoms with Crippen LogP contribution in [0, 0.1) is 3.57 Å². The van der Waals surface area contributed by atoms with E-state index in [-0.39, 0.29) is 26.7 Å². The summed E-state index contributed by atoms with van der Waals surface area (Å²) < 4.78 is 6.61. The van der Waals surface area contributed by atoms with E-state index in [0.717, 1.165) is 0 Å². The highest BCUT2D eigenvalue weighted by molar-refractivity contribution is 14.1. The molecule has 1 amide bonds. The molecule has 0 atom stereocenters. The summed E-state index contributed by atoms with van der Waals surface area (Å²) in [5.41, 5.74) is 0.181. The smallest absolute Gasteiger partial charge is 0.268 e. The lowest BCUT2D eigenvalue weighted by Crippen LogP contribution is -2.29. The highest BCUT2D eigenvalue weighted by Gasteiger charge is 2.11. The Bertz CT molecular complexity index is 733. The van der Waals surface area contributed by atoms with E-state index in [4.69, 9.17) is 16.3 Å². The number of halogens is 2. The first-order valence-corrected chi connectivity index (χ1v) is 7.32. The van der Waals surface area contributed by atoms with Crippen molar-refractivity contribution in [2.45, 2.75) is 6.54 Å². The Morgan fingerprint density at radius 1 is 1.48 bits per heavy atom. The van der Waals surface area contributed by atoms with E-state index in [2.05, 4.69) is 10.3 Å². The molecule has 0 aliphatic heterocycles. The third-order valence-electron chi connectivity index (χ3n) is 2.64. The lowest BCUT2D eigenvalue weighted by Gasteiger charge is -2.10. The van der Waals surface area contributed by atoms with Crippen molar-refractivity contribution in [3.63, 3.8) is 0 Å². The van der Waals surface area contributed by atoms with Gasteiger partial charge in [0.25, 0.3) is 5.56 Å². The van der Waals surface area contributed by atoms with Crippen molar-refractivity contribution < 1.29 is 9.53 Å². The van der Waals surface area contributed by atoms with Gasteiger partial charge in [-0.05, 0) is 34.7 Å². The second kappa shape index (κ2) is 6.90. The summed E-state index contributed by atoms with van der Waals surface area (Å²) in [6.07, 6.45) is 1.24. The standard InChI is InChI=1S/C13H11ClIN3O3/c1-21-9-5-3-2-4-8(9)17-10(19)6-18-7-16-12(14)11(15)13(18)20/h2-5,7H,6H2,1H3,(H,17,19). The van der Waals surface area contributed by atoms with Gasteiger partial charge in [-0.2, -0.15) is 0 Å². The fraction of sp³-hybridized carbons (Fsp3) is 0.154. The molecule has 1 N–H and O–H groups in total.